The zero-order valence-electron chi connectivity index (χ0n) is 17.2. The van der Waals surface area contributed by atoms with Gasteiger partial charge >= 0.3 is 0 Å². The van der Waals surface area contributed by atoms with Gasteiger partial charge < -0.3 is 10.2 Å². The van der Waals surface area contributed by atoms with Crippen molar-refractivity contribution >= 4 is 35.0 Å². The van der Waals surface area contributed by atoms with E-state index in [1.807, 2.05) is 42.5 Å². The second-order valence-corrected chi connectivity index (χ2v) is 8.32. The molecule has 0 aromatic heterocycles. The van der Waals surface area contributed by atoms with Crippen LogP contribution in [0.25, 0.3) is 0 Å². The zero-order valence-corrected chi connectivity index (χ0v) is 18.0. The molecule has 0 radical (unpaired) electrons. The Kier molecular flexibility index (Phi) is 6.37. The van der Waals surface area contributed by atoms with Crippen molar-refractivity contribution in [3.05, 3.63) is 94.8 Å². The van der Waals surface area contributed by atoms with Gasteiger partial charge in [0.1, 0.15) is 5.82 Å². The van der Waals surface area contributed by atoms with Gasteiger partial charge in [-0.25, -0.2) is 4.39 Å². The minimum absolute atomic E-state index is 0.0429. The Hall–Kier alpha value is -3.12. The Morgan fingerprint density at radius 1 is 1.00 bits per heavy atom. The number of hydrogen-bond donors (Lipinski definition) is 1. The van der Waals surface area contributed by atoms with Crippen molar-refractivity contribution in [1.82, 2.24) is 0 Å². The highest BCUT2D eigenvalue weighted by atomic mass is 32.2. The number of halogens is 1. The molecule has 2 amide bonds. The van der Waals surface area contributed by atoms with Gasteiger partial charge in [-0.2, -0.15) is 11.8 Å². The van der Waals surface area contributed by atoms with Crippen LogP contribution in [-0.2, 0) is 12.2 Å². The summed E-state index contributed by atoms with van der Waals surface area (Å²) in [6.45, 7) is 0.633. The number of fused-ring (bicyclic) bond motifs is 1. The molecule has 1 aliphatic rings. The largest absolute Gasteiger partial charge is 0.322 e. The Morgan fingerprint density at radius 2 is 1.71 bits per heavy atom. The number of nitrogens with one attached hydrogen (secondary N) is 1. The average Bonchev–Trinajstić information content (AvgIpc) is 2.79. The lowest BCUT2D eigenvalue weighted by Crippen LogP contribution is -2.35. The first-order chi connectivity index (χ1) is 15.1. The maximum absolute atomic E-state index is 13.2. The lowest BCUT2D eigenvalue weighted by molar-refractivity contribution is 0.0984. The molecule has 0 fully saturated rings. The van der Waals surface area contributed by atoms with E-state index in [4.69, 9.17) is 0 Å². The number of nitrogens with zero attached hydrogens (tertiary/aromatic N) is 1. The van der Waals surface area contributed by atoms with Gasteiger partial charge in [-0.3, -0.25) is 9.59 Å². The number of carbonyl (C=O) groups is 2. The summed E-state index contributed by atoms with van der Waals surface area (Å²) in [6.07, 6.45) is 3.63. The predicted octanol–water partition coefficient (Wildman–Crippen LogP) is 5.53. The topological polar surface area (TPSA) is 49.4 Å². The SMILES string of the molecule is CSCc1ccc(C(=O)N2CCCc3c(NC(=O)c4ccc(F)cc4)cccc32)cc1. The molecule has 4 nitrogen and oxygen atoms in total. The van der Waals surface area contributed by atoms with Gasteiger partial charge in [0.2, 0.25) is 0 Å². The number of anilines is 2. The van der Waals surface area contributed by atoms with E-state index >= 15 is 0 Å². The molecule has 0 unspecified atom stereocenters. The van der Waals surface area contributed by atoms with E-state index in [9.17, 15) is 14.0 Å². The van der Waals surface area contributed by atoms with E-state index in [1.165, 1.54) is 29.8 Å². The van der Waals surface area contributed by atoms with Crippen molar-refractivity contribution in [3.63, 3.8) is 0 Å². The fourth-order valence-corrected chi connectivity index (χ4v) is 4.34. The molecule has 158 valence electrons. The zero-order chi connectivity index (χ0) is 21.8. The van der Waals surface area contributed by atoms with Crippen molar-refractivity contribution < 1.29 is 14.0 Å². The van der Waals surface area contributed by atoms with Crippen LogP contribution in [0.4, 0.5) is 15.8 Å². The maximum Gasteiger partial charge on any atom is 0.258 e. The first-order valence-corrected chi connectivity index (χ1v) is 11.5. The summed E-state index contributed by atoms with van der Waals surface area (Å²) >= 11 is 1.74. The molecule has 0 bridgehead atoms. The van der Waals surface area contributed by atoms with Crippen molar-refractivity contribution in [2.24, 2.45) is 0 Å². The van der Waals surface area contributed by atoms with Crippen LogP contribution >= 0.6 is 11.8 Å². The van der Waals surface area contributed by atoms with Crippen LogP contribution in [-0.4, -0.2) is 24.6 Å². The molecular formula is C25H23FN2O2S. The summed E-state index contributed by atoms with van der Waals surface area (Å²) in [5.41, 5.74) is 4.66. The lowest BCUT2D eigenvalue weighted by Gasteiger charge is -2.31. The molecule has 3 aromatic carbocycles. The van der Waals surface area contributed by atoms with Gasteiger partial charge in [0.15, 0.2) is 0 Å². The van der Waals surface area contributed by atoms with Crippen LogP contribution in [0.2, 0.25) is 0 Å². The molecule has 1 heterocycles. The number of hydrogen-bond acceptors (Lipinski definition) is 3. The highest BCUT2D eigenvalue weighted by Gasteiger charge is 2.25. The van der Waals surface area contributed by atoms with Crippen LogP contribution in [0.3, 0.4) is 0 Å². The van der Waals surface area contributed by atoms with Crippen LogP contribution < -0.4 is 10.2 Å². The van der Waals surface area contributed by atoms with Gasteiger partial charge in [0.25, 0.3) is 11.8 Å². The Balaban J connectivity index is 1.58. The first kappa shape index (κ1) is 21.1. The third-order valence-electron chi connectivity index (χ3n) is 5.36. The van der Waals surface area contributed by atoms with Crippen LogP contribution in [0.1, 0.15) is 38.3 Å². The van der Waals surface area contributed by atoms with Crippen molar-refractivity contribution in [3.8, 4) is 0 Å². The smallest absolute Gasteiger partial charge is 0.258 e. The molecule has 6 heteroatoms. The second-order valence-electron chi connectivity index (χ2n) is 7.45. The molecule has 3 aromatic rings. The summed E-state index contributed by atoms with van der Waals surface area (Å²) in [6, 6.07) is 18.8. The number of amides is 2. The van der Waals surface area contributed by atoms with Crippen molar-refractivity contribution in [2.45, 2.75) is 18.6 Å². The first-order valence-electron chi connectivity index (χ1n) is 10.2. The Labute approximate surface area is 185 Å². The molecule has 1 aliphatic heterocycles. The summed E-state index contributed by atoms with van der Waals surface area (Å²) < 4.78 is 13.2. The molecule has 0 spiro atoms. The van der Waals surface area contributed by atoms with Crippen molar-refractivity contribution in [2.75, 3.05) is 23.0 Å². The summed E-state index contributed by atoms with van der Waals surface area (Å²) in [5.74, 6) is 0.183. The Morgan fingerprint density at radius 3 is 2.42 bits per heavy atom. The quantitative estimate of drug-likeness (QED) is 0.574. The van der Waals surface area contributed by atoms with Crippen molar-refractivity contribution in [1.29, 1.82) is 0 Å². The summed E-state index contributed by atoms with van der Waals surface area (Å²) in [5, 5.41) is 2.92. The number of rotatable bonds is 5. The monoisotopic (exact) mass is 434 g/mol. The number of thioether (sulfide) groups is 1. The number of carbonyl (C=O) groups excluding carboxylic acids is 2. The van der Waals surface area contributed by atoms with E-state index in [0.717, 1.165) is 29.8 Å². The molecule has 0 atom stereocenters. The third kappa shape index (κ3) is 4.64. The lowest BCUT2D eigenvalue weighted by atomic mass is 9.98. The van der Waals surface area contributed by atoms with Gasteiger partial charge in [0, 0.05) is 34.8 Å². The highest BCUT2D eigenvalue weighted by molar-refractivity contribution is 7.97. The fourth-order valence-electron chi connectivity index (χ4n) is 3.81. The molecular weight excluding hydrogens is 411 g/mol. The molecule has 31 heavy (non-hydrogen) atoms. The minimum Gasteiger partial charge on any atom is -0.322 e. The Bertz CT molecular complexity index is 1100. The second kappa shape index (κ2) is 9.35. The maximum atomic E-state index is 13.2. The molecule has 1 N–H and O–H groups in total. The number of benzene rings is 3. The molecule has 0 saturated heterocycles. The minimum atomic E-state index is -0.385. The van der Waals surface area contributed by atoms with E-state index < -0.39 is 0 Å². The van der Waals surface area contributed by atoms with Gasteiger partial charge in [-0.15, -0.1) is 0 Å². The van der Waals surface area contributed by atoms with Gasteiger partial charge in [-0.1, -0.05) is 18.2 Å². The van der Waals surface area contributed by atoms with E-state index in [-0.39, 0.29) is 17.6 Å². The highest BCUT2D eigenvalue weighted by Crippen LogP contribution is 2.34. The predicted molar refractivity (Wildman–Crippen MR) is 124 cm³/mol. The third-order valence-corrected chi connectivity index (χ3v) is 5.98. The fraction of sp³-hybridized carbons (Fsp3) is 0.200. The van der Waals surface area contributed by atoms with Crippen LogP contribution in [0, 0.1) is 5.82 Å². The standard InChI is InChI=1S/C25H23FN2O2S/c1-31-16-17-7-9-19(10-8-17)25(30)28-15-3-4-21-22(5-2-6-23(21)28)27-24(29)18-11-13-20(26)14-12-18/h2,5-14H,3-4,15-16H2,1H3,(H,27,29). The molecule has 0 saturated carbocycles. The van der Waals surface area contributed by atoms with E-state index in [2.05, 4.69) is 11.6 Å². The van der Waals surface area contributed by atoms with E-state index in [1.54, 1.807) is 16.7 Å². The van der Waals surface area contributed by atoms with E-state index in [0.29, 0.717) is 23.4 Å². The molecule has 4 rings (SSSR count). The summed E-state index contributed by atoms with van der Waals surface area (Å²) in [7, 11) is 0. The molecule has 0 aliphatic carbocycles. The normalized spacial score (nSPS) is 12.9. The van der Waals surface area contributed by atoms with Gasteiger partial charge in [0.05, 0.1) is 0 Å². The van der Waals surface area contributed by atoms with Crippen LogP contribution in [0.15, 0.2) is 66.7 Å². The van der Waals surface area contributed by atoms with Gasteiger partial charge in [-0.05, 0) is 78.8 Å². The average molecular weight is 435 g/mol. The van der Waals surface area contributed by atoms with Crippen LogP contribution in [0.5, 0.6) is 0 Å². The summed E-state index contributed by atoms with van der Waals surface area (Å²) in [4.78, 5) is 27.6.